The fourth-order valence-corrected chi connectivity index (χ4v) is 4.74. The summed E-state index contributed by atoms with van der Waals surface area (Å²) in [5.41, 5.74) is -0.268. The van der Waals surface area contributed by atoms with Gasteiger partial charge in [-0.15, -0.1) is 0 Å². The van der Waals surface area contributed by atoms with Crippen molar-refractivity contribution in [2.45, 2.75) is 115 Å². The van der Waals surface area contributed by atoms with Crippen LogP contribution in [0.3, 0.4) is 0 Å². The van der Waals surface area contributed by atoms with E-state index in [1.807, 2.05) is 47.6 Å². The van der Waals surface area contributed by atoms with Crippen molar-refractivity contribution in [3.05, 3.63) is 12.2 Å². The van der Waals surface area contributed by atoms with Crippen molar-refractivity contribution >= 4 is 33.9 Å². The van der Waals surface area contributed by atoms with Gasteiger partial charge in [0.2, 0.25) is 0 Å². The predicted molar refractivity (Wildman–Crippen MR) is 126 cm³/mol. The summed E-state index contributed by atoms with van der Waals surface area (Å²) in [5.74, 6) is 0.139. The van der Waals surface area contributed by atoms with E-state index in [4.69, 9.17) is 9.47 Å². The highest BCUT2D eigenvalue weighted by atomic mass is 32.2. The molecule has 0 aliphatic heterocycles. The summed E-state index contributed by atoms with van der Waals surface area (Å²) in [4.78, 5) is 24.8. The van der Waals surface area contributed by atoms with E-state index in [2.05, 4.69) is 26.8 Å². The van der Waals surface area contributed by atoms with E-state index in [9.17, 15) is 9.59 Å². The van der Waals surface area contributed by atoms with E-state index in [0.717, 1.165) is 12.8 Å². The third-order valence-corrected chi connectivity index (χ3v) is 5.84. The molecule has 1 aliphatic rings. The molecule has 0 radical (unpaired) electrons. The van der Waals surface area contributed by atoms with Gasteiger partial charge in [0.25, 0.3) is 0 Å². The van der Waals surface area contributed by atoms with Gasteiger partial charge in [-0.1, -0.05) is 59.4 Å². The lowest BCUT2D eigenvalue weighted by molar-refractivity contribution is -0.112. The quantitative estimate of drug-likeness (QED) is 0.343. The van der Waals surface area contributed by atoms with E-state index in [1.165, 1.54) is 23.5 Å². The normalized spacial score (nSPS) is 25.1. The third-order valence-electron chi connectivity index (χ3n) is 3.96. The Morgan fingerprint density at radius 3 is 2.00 bits per heavy atom. The molecule has 29 heavy (non-hydrogen) atoms. The Bertz CT molecular complexity index is 579. The van der Waals surface area contributed by atoms with Crippen LogP contribution in [0.2, 0.25) is 0 Å². The molecule has 1 rings (SSSR count). The summed E-state index contributed by atoms with van der Waals surface area (Å²) >= 11 is 2.60. The molecule has 0 fully saturated rings. The molecule has 6 heteroatoms. The first-order chi connectivity index (χ1) is 13.0. The molecular formula is C23H40O4S2. The molecule has 1 aliphatic carbocycles. The second kappa shape index (κ2) is 10.7. The fraction of sp³-hybridized carbons (Fsp3) is 0.826. The minimum absolute atomic E-state index is 0.00902. The molecule has 0 aromatic heterocycles. The molecule has 0 bridgehead atoms. The summed E-state index contributed by atoms with van der Waals surface area (Å²) in [7, 11) is 0. The van der Waals surface area contributed by atoms with Crippen molar-refractivity contribution in [2.75, 3.05) is 0 Å². The lowest BCUT2D eigenvalue weighted by Crippen LogP contribution is -2.32. The molecule has 0 amide bonds. The number of carbonyl (C=O) groups excluding carboxylic acids is 2. The van der Waals surface area contributed by atoms with Gasteiger partial charge in [0.05, 0.1) is 11.7 Å². The van der Waals surface area contributed by atoms with Crippen LogP contribution in [-0.2, 0) is 14.3 Å². The Morgan fingerprint density at radius 1 is 0.897 bits per heavy atom. The lowest BCUT2D eigenvalue weighted by atomic mass is 9.91. The zero-order chi connectivity index (χ0) is 22.5. The SMILES string of the molecule is CC(C)(C)OC1CCC(CC(=O)SC(C)(C)C)/C=C/C(OC(=O)SC(C)(C)C)C1. The van der Waals surface area contributed by atoms with E-state index in [1.54, 1.807) is 0 Å². The average Bonchev–Trinajstić information content (AvgIpc) is 2.42. The topological polar surface area (TPSA) is 52.6 Å². The average molecular weight is 445 g/mol. The summed E-state index contributed by atoms with van der Waals surface area (Å²) in [6.45, 7) is 18.3. The van der Waals surface area contributed by atoms with E-state index >= 15 is 0 Å². The van der Waals surface area contributed by atoms with Crippen LogP contribution in [0.15, 0.2) is 12.2 Å². The standard InChI is InChI=1S/C23H40O4S2/c1-21(2,3)27-18-13-11-16(14-19(24)28-22(4,5)6)10-12-17(15-18)26-20(25)29-23(7,8)9/h10,12,16-18H,11,13-15H2,1-9H3/b12-10+. The molecule has 0 aromatic carbocycles. The van der Waals surface area contributed by atoms with Crippen LogP contribution in [0.25, 0.3) is 0 Å². The summed E-state index contributed by atoms with van der Waals surface area (Å²) in [5, 5.41) is -0.0593. The molecule has 0 saturated heterocycles. The van der Waals surface area contributed by atoms with Gasteiger partial charge >= 0.3 is 5.30 Å². The molecule has 3 unspecified atom stereocenters. The van der Waals surface area contributed by atoms with Crippen LogP contribution in [-0.4, -0.2) is 37.7 Å². The molecule has 0 spiro atoms. The van der Waals surface area contributed by atoms with Crippen LogP contribution in [0.5, 0.6) is 0 Å². The fourth-order valence-electron chi connectivity index (χ4n) is 3.09. The zero-order valence-corrected chi connectivity index (χ0v) is 21.3. The summed E-state index contributed by atoms with van der Waals surface area (Å²) in [6.07, 6.45) is 6.56. The van der Waals surface area contributed by atoms with Gasteiger partial charge in [0, 0.05) is 22.3 Å². The molecular weight excluding hydrogens is 404 g/mol. The highest BCUT2D eigenvalue weighted by molar-refractivity contribution is 8.14. The molecule has 0 N–H and O–H groups in total. The van der Waals surface area contributed by atoms with Gasteiger partial charge in [-0.3, -0.25) is 4.79 Å². The number of hydrogen-bond donors (Lipinski definition) is 0. The first-order valence-corrected chi connectivity index (χ1v) is 12.1. The first kappa shape index (κ1) is 26.6. The van der Waals surface area contributed by atoms with Crippen molar-refractivity contribution < 1.29 is 19.1 Å². The minimum atomic E-state index is -0.335. The van der Waals surface area contributed by atoms with Gasteiger partial charge in [-0.05, 0) is 57.4 Å². The largest absolute Gasteiger partial charge is 0.450 e. The van der Waals surface area contributed by atoms with Crippen molar-refractivity contribution in [3.63, 3.8) is 0 Å². The monoisotopic (exact) mass is 444 g/mol. The molecule has 168 valence electrons. The Labute approximate surface area is 186 Å². The molecule has 0 aromatic rings. The van der Waals surface area contributed by atoms with Gasteiger partial charge in [0.15, 0.2) is 5.12 Å². The van der Waals surface area contributed by atoms with Crippen molar-refractivity contribution in [3.8, 4) is 0 Å². The zero-order valence-electron chi connectivity index (χ0n) is 19.7. The smallest absolute Gasteiger partial charge is 0.368 e. The maximum absolute atomic E-state index is 12.5. The highest BCUT2D eigenvalue weighted by Crippen LogP contribution is 2.32. The van der Waals surface area contributed by atoms with Gasteiger partial charge in [-0.25, -0.2) is 4.79 Å². The second-order valence-electron chi connectivity index (χ2n) is 10.7. The molecule has 3 atom stereocenters. The minimum Gasteiger partial charge on any atom is -0.450 e. The van der Waals surface area contributed by atoms with Crippen molar-refractivity contribution in [2.24, 2.45) is 5.92 Å². The van der Waals surface area contributed by atoms with Crippen LogP contribution >= 0.6 is 23.5 Å². The Kier molecular flexibility index (Phi) is 9.82. The van der Waals surface area contributed by atoms with Gasteiger partial charge in [-0.2, -0.15) is 0 Å². The third kappa shape index (κ3) is 13.5. The van der Waals surface area contributed by atoms with Crippen molar-refractivity contribution in [1.82, 2.24) is 0 Å². The van der Waals surface area contributed by atoms with Gasteiger partial charge < -0.3 is 9.47 Å². The maximum Gasteiger partial charge on any atom is 0.368 e. The van der Waals surface area contributed by atoms with Crippen LogP contribution in [0.1, 0.15) is 88.0 Å². The predicted octanol–water partition coefficient (Wildman–Crippen LogP) is 7.01. The highest BCUT2D eigenvalue weighted by Gasteiger charge is 2.28. The maximum atomic E-state index is 12.5. The van der Waals surface area contributed by atoms with E-state index in [0.29, 0.717) is 12.8 Å². The van der Waals surface area contributed by atoms with Crippen molar-refractivity contribution in [1.29, 1.82) is 0 Å². The molecule has 0 saturated carbocycles. The number of ether oxygens (including phenoxy) is 2. The lowest BCUT2D eigenvalue weighted by Gasteiger charge is -2.32. The number of hydrogen-bond acceptors (Lipinski definition) is 6. The number of thioether (sulfide) groups is 2. The first-order valence-electron chi connectivity index (χ1n) is 10.5. The van der Waals surface area contributed by atoms with Gasteiger partial charge in [0.1, 0.15) is 6.10 Å². The van der Waals surface area contributed by atoms with Crippen LogP contribution < -0.4 is 0 Å². The Morgan fingerprint density at radius 2 is 1.48 bits per heavy atom. The summed E-state index contributed by atoms with van der Waals surface area (Å²) < 4.78 is 11.7. The second-order valence-corrected chi connectivity index (χ2v) is 14.4. The number of allylic oxidation sites excluding steroid dienone is 1. The Hall–Kier alpha value is -0.460. The number of rotatable bonds is 4. The molecule has 0 heterocycles. The molecule has 4 nitrogen and oxygen atoms in total. The summed E-state index contributed by atoms with van der Waals surface area (Å²) in [6, 6.07) is 0. The Balaban J connectivity index is 2.88. The number of carbonyl (C=O) groups is 2. The van der Waals surface area contributed by atoms with E-state index < -0.39 is 0 Å². The van der Waals surface area contributed by atoms with E-state index in [-0.39, 0.29) is 43.6 Å². The van der Waals surface area contributed by atoms with Crippen LogP contribution in [0.4, 0.5) is 4.79 Å². The van der Waals surface area contributed by atoms with Crippen LogP contribution in [0, 0.1) is 5.92 Å².